The summed E-state index contributed by atoms with van der Waals surface area (Å²) < 4.78 is 10.5. The molecule has 1 heterocycles. The fraction of sp³-hybridized carbons (Fsp3) is 0.263. The Labute approximate surface area is 140 Å². The number of ether oxygens (including phenoxy) is 2. The van der Waals surface area contributed by atoms with Gasteiger partial charge in [-0.05, 0) is 24.6 Å². The summed E-state index contributed by atoms with van der Waals surface area (Å²) in [6.45, 7) is 2.31. The third-order valence-electron chi connectivity index (χ3n) is 4.10. The lowest BCUT2D eigenvalue weighted by molar-refractivity contribution is -0.148. The van der Waals surface area contributed by atoms with E-state index in [0.29, 0.717) is 16.9 Å². The van der Waals surface area contributed by atoms with Crippen molar-refractivity contribution >= 4 is 11.9 Å². The molecule has 1 unspecified atom stereocenters. The van der Waals surface area contributed by atoms with Gasteiger partial charge < -0.3 is 14.4 Å². The smallest absolute Gasteiger partial charge is 0.333 e. The number of esters is 1. The van der Waals surface area contributed by atoms with Gasteiger partial charge in [0.15, 0.2) is 6.04 Å². The van der Waals surface area contributed by atoms with Gasteiger partial charge in [-0.2, -0.15) is 0 Å². The van der Waals surface area contributed by atoms with Crippen molar-refractivity contribution in [1.29, 1.82) is 0 Å². The quantitative estimate of drug-likeness (QED) is 0.793. The van der Waals surface area contributed by atoms with Crippen LogP contribution in [0.25, 0.3) is 0 Å². The van der Waals surface area contributed by atoms with Crippen molar-refractivity contribution in [3.8, 4) is 5.75 Å². The summed E-state index contributed by atoms with van der Waals surface area (Å²) in [5.41, 5.74) is 2.08. The third kappa shape index (κ3) is 2.73. The van der Waals surface area contributed by atoms with E-state index >= 15 is 0 Å². The predicted octanol–water partition coefficient (Wildman–Crippen LogP) is 2.96. The number of hydrogen-bond acceptors (Lipinski definition) is 4. The zero-order chi connectivity index (χ0) is 17.1. The highest BCUT2D eigenvalue weighted by atomic mass is 16.5. The number of para-hydroxylation sites is 1. The molecule has 1 atom stereocenters. The van der Waals surface area contributed by atoms with Gasteiger partial charge in [0.25, 0.3) is 5.91 Å². The number of carbonyl (C=O) groups excluding carboxylic acids is 2. The van der Waals surface area contributed by atoms with E-state index in [0.717, 1.165) is 5.56 Å². The molecule has 0 bridgehead atoms. The molecule has 5 heteroatoms. The Hall–Kier alpha value is -2.82. The average molecular weight is 325 g/mol. The van der Waals surface area contributed by atoms with Gasteiger partial charge in [0, 0.05) is 11.1 Å². The zero-order valence-electron chi connectivity index (χ0n) is 13.7. The maximum Gasteiger partial charge on any atom is 0.333 e. The van der Waals surface area contributed by atoms with Crippen LogP contribution >= 0.6 is 0 Å². The van der Waals surface area contributed by atoms with Crippen molar-refractivity contribution in [2.75, 3.05) is 13.7 Å². The minimum atomic E-state index is -0.724. The van der Waals surface area contributed by atoms with Gasteiger partial charge in [-0.1, -0.05) is 36.4 Å². The van der Waals surface area contributed by atoms with Crippen molar-refractivity contribution in [3.05, 3.63) is 65.2 Å². The summed E-state index contributed by atoms with van der Waals surface area (Å²) in [6, 6.07) is 13.9. The van der Waals surface area contributed by atoms with Crippen LogP contribution in [0.4, 0.5) is 0 Å². The molecule has 0 aliphatic carbocycles. The van der Waals surface area contributed by atoms with E-state index in [-0.39, 0.29) is 19.1 Å². The second-order valence-corrected chi connectivity index (χ2v) is 5.49. The Kier molecular flexibility index (Phi) is 4.51. The molecule has 0 saturated heterocycles. The first kappa shape index (κ1) is 16.1. The highest BCUT2D eigenvalue weighted by molar-refractivity contribution is 6.03. The summed E-state index contributed by atoms with van der Waals surface area (Å²) in [6.07, 6.45) is 0. The molecule has 0 saturated carbocycles. The van der Waals surface area contributed by atoms with E-state index in [4.69, 9.17) is 9.47 Å². The molecular weight excluding hydrogens is 306 g/mol. The van der Waals surface area contributed by atoms with Crippen LogP contribution in [0, 0.1) is 0 Å². The first-order chi connectivity index (χ1) is 11.7. The van der Waals surface area contributed by atoms with Gasteiger partial charge in [0.05, 0.1) is 20.3 Å². The Balaban J connectivity index is 1.99. The molecule has 2 aromatic carbocycles. The number of carbonyl (C=O) groups is 2. The Bertz CT molecular complexity index is 771. The topological polar surface area (TPSA) is 55.8 Å². The minimum absolute atomic E-state index is 0.172. The number of rotatable bonds is 5. The van der Waals surface area contributed by atoms with E-state index in [1.807, 2.05) is 30.3 Å². The molecule has 0 aromatic heterocycles. The summed E-state index contributed by atoms with van der Waals surface area (Å²) in [4.78, 5) is 26.8. The van der Waals surface area contributed by atoms with Crippen LogP contribution in [0.1, 0.15) is 34.5 Å². The van der Waals surface area contributed by atoms with Crippen LogP contribution in [0.15, 0.2) is 48.5 Å². The lowest BCUT2D eigenvalue weighted by Crippen LogP contribution is -2.33. The SMILES string of the molecule is CCOC(=O)C1c2ccccc2C(=O)N1Cc1ccccc1OC. The second kappa shape index (κ2) is 6.74. The number of methoxy groups -OCH3 is 1. The van der Waals surface area contributed by atoms with E-state index in [1.165, 1.54) is 0 Å². The molecule has 0 N–H and O–H groups in total. The third-order valence-corrected chi connectivity index (χ3v) is 4.10. The van der Waals surface area contributed by atoms with Crippen molar-refractivity contribution in [1.82, 2.24) is 4.90 Å². The van der Waals surface area contributed by atoms with Crippen molar-refractivity contribution < 1.29 is 19.1 Å². The van der Waals surface area contributed by atoms with Crippen LogP contribution < -0.4 is 4.74 Å². The van der Waals surface area contributed by atoms with E-state index in [9.17, 15) is 9.59 Å². The number of fused-ring (bicyclic) bond motifs is 1. The van der Waals surface area contributed by atoms with E-state index in [2.05, 4.69) is 0 Å². The molecule has 124 valence electrons. The van der Waals surface area contributed by atoms with Gasteiger partial charge in [-0.15, -0.1) is 0 Å². The fourth-order valence-corrected chi connectivity index (χ4v) is 3.03. The Morgan fingerprint density at radius 1 is 1.12 bits per heavy atom. The Morgan fingerprint density at radius 3 is 2.58 bits per heavy atom. The summed E-state index contributed by atoms with van der Waals surface area (Å²) in [5.74, 6) is 0.101. The van der Waals surface area contributed by atoms with Crippen molar-refractivity contribution in [2.24, 2.45) is 0 Å². The summed E-state index contributed by atoms with van der Waals surface area (Å²) in [5, 5.41) is 0. The van der Waals surface area contributed by atoms with Gasteiger partial charge >= 0.3 is 5.97 Å². The van der Waals surface area contributed by atoms with Gasteiger partial charge in [-0.3, -0.25) is 4.79 Å². The molecule has 1 amide bonds. The summed E-state index contributed by atoms with van der Waals surface area (Å²) in [7, 11) is 1.59. The Morgan fingerprint density at radius 2 is 1.83 bits per heavy atom. The highest BCUT2D eigenvalue weighted by Gasteiger charge is 2.41. The molecule has 24 heavy (non-hydrogen) atoms. The molecule has 3 rings (SSSR count). The molecule has 0 spiro atoms. The molecule has 2 aromatic rings. The second-order valence-electron chi connectivity index (χ2n) is 5.49. The lowest BCUT2D eigenvalue weighted by Gasteiger charge is -2.24. The predicted molar refractivity (Wildman–Crippen MR) is 88.7 cm³/mol. The van der Waals surface area contributed by atoms with Crippen LogP contribution in [-0.2, 0) is 16.1 Å². The molecule has 1 aliphatic heterocycles. The largest absolute Gasteiger partial charge is 0.496 e. The fourth-order valence-electron chi connectivity index (χ4n) is 3.03. The van der Waals surface area contributed by atoms with Gasteiger partial charge in [0.1, 0.15) is 5.75 Å². The monoisotopic (exact) mass is 325 g/mol. The molecule has 0 fully saturated rings. The molecule has 5 nitrogen and oxygen atoms in total. The first-order valence-electron chi connectivity index (χ1n) is 7.85. The van der Waals surface area contributed by atoms with Crippen molar-refractivity contribution in [3.63, 3.8) is 0 Å². The lowest BCUT2D eigenvalue weighted by atomic mass is 10.0. The average Bonchev–Trinajstić information content (AvgIpc) is 2.88. The minimum Gasteiger partial charge on any atom is -0.496 e. The maximum absolute atomic E-state index is 12.8. The van der Waals surface area contributed by atoms with Crippen LogP contribution in [0.5, 0.6) is 5.75 Å². The molecular formula is C19H19NO4. The van der Waals surface area contributed by atoms with Crippen molar-refractivity contribution in [2.45, 2.75) is 19.5 Å². The van der Waals surface area contributed by atoms with E-state index < -0.39 is 12.0 Å². The normalized spacial score (nSPS) is 16.0. The zero-order valence-corrected chi connectivity index (χ0v) is 13.7. The summed E-state index contributed by atoms with van der Waals surface area (Å²) >= 11 is 0. The number of hydrogen-bond donors (Lipinski definition) is 0. The van der Waals surface area contributed by atoms with Crippen LogP contribution in [0.3, 0.4) is 0 Å². The first-order valence-corrected chi connectivity index (χ1v) is 7.85. The molecule has 1 aliphatic rings. The van der Waals surface area contributed by atoms with E-state index in [1.54, 1.807) is 37.1 Å². The van der Waals surface area contributed by atoms with Crippen LogP contribution in [-0.4, -0.2) is 30.5 Å². The highest BCUT2D eigenvalue weighted by Crippen LogP contribution is 2.36. The van der Waals surface area contributed by atoms with Crippen LogP contribution in [0.2, 0.25) is 0 Å². The number of amides is 1. The number of benzene rings is 2. The maximum atomic E-state index is 12.8. The van der Waals surface area contributed by atoms with Gasteiger partial charge in [0.2, 0.25) is 0 Å². The standard InChI is InChI=1S/C19H19NO4/c1-3-24-19(22)17-14-9-5-6-10-15(14)18(21)20(17)12-13-8-4-7-11-16(13)23-2/h4-11,17H,3,12H2,1-2H3. The van der Waals surface area contributed by atoms with Gasteiger partial charge in [-0.25, -0.2) is 4.79 Å². The number of nitrogens with zero attached hydrogens (tertiary/aromatic N) is 1. The molecule has 0 radical (unpaired) electrons.